The molecule has 3 aromatic rings. The van der Waals surface area contributed by atoms with E-state index in [-0.39, 0.29) is 12.1 Å². The van der Waals surface area contributed by atoms with Crippen molar-refractivity contribution in [2.45, 2.75) is 39.3 Å². The number of urea groups is 1. The van der Waals surface area contributed by atoms with Gasteiger partial charge in [0.25, 0.3) is 0 Å². The molecule has 3 rings (SSSR count). The van der Waals surface area contributed by atoms with Gasteiger partial charge in [-0.1, -0.05) is 17.7 Å². The van der Waals surface area contributed by atoms with E-state index in [1.165, 1.54) is 4.90 Å². The Hall–Kier alpha value is -3.65. The lowest BCUT2D eigenvalue weighted by molar-refractivity contribution is 0.0646. The summed E-state index contributed by atoms with van der Waals surface area (Å²) in [5.74, 6) is 1.36. The van der Waals surface area contributed by atoms with Crippen LogP contribution in [0.4, 0.5) is 27.9 Å². The second-order valence-corrected chi connectivity index (χ2v) is 8.09. The van der Waals surface area contributed by atoms with Crippen LogP contribution in [0.2, 0.25) is 0 Å². The number of anilines is 4. The third-order valence-electron chi connectivity index (χ3n) is 5.11. The third-order valence-corrected chi connectivity index (χ3v) is 5.11. The summed E-state index contributed by atoms with van der Waals surface area (Å²) in [5, 5.41) is 16.2. The van der Waals surface area contributed by atoms with Gasteiger partial charge in [-0.25, -0.2) is 14.7 Å². The molecule has 0 aliphatic carbocycles. The van der Waals surface area contributed by atoms with Crippen LogP contribution in [-0.2, 0) is 0 Å². The fourth-order valence-corrected chi connectivity index (χ4v) is 2.81. The van der Waals surface area contributed by atoms with Crippen molar-refractivity contribution in [3.05, 3.63) is 66.4 Å². The van der Waals surface area contributed by atoms with Gasteiger partial charge in [-0.15, -0.1) is 0 Å². The van der Waals surface area contributed by atoms with Crippen LogP contribution in [-0.4, -0.2) is 39.9 Å². The summed E-state index contributed by atoms with van der Waals surface area (Å²) >= 11 is 0. The molecule has 1 atom stereocenters. The highest BCUT2D eigenvalue weighted by molar-refractivity contribution is 6.06. The smallest absolute Gasteiger partial charge is 0.332 e. The van der Waals surface area contributed by atoms with E-state index in [0.717, 1.165) is 5.56 Å². The molecule has 168 valence electrons. The van der Waals surface area contributed by atoms with Crippen LogP contribution in [0.25, 0.3) is 0 Å². The summed E-state index contributed by atoms with van der Waals surface area (Å²) in [6, 6.07) is 15.6. The third kappa shape index (κ3) is 5.73. The Morgan fingerprint density at radius 3 is 2.34 bits per heavy atom. The Kier molecular flexibility index (Phi) is 6.95. The minimum absolute atomic E-state index is 0.304. The molecular weight excluding hydrogens is 406 g/mol. The highest BCUT2D eigenvalue weighted by Crippen LogP contribution is 2.28. The van der Waals surface area contributed by atoms with Crippen molar-refractivity contribution in [1.29, 1.82) is 0 Å². The first-order valence-corrected chi connectivity index (χ1v) is 10.3. The summed E-state index contributed by atoms with van der Waals surface area (Å²) in [4.78, 5) is 23.5. The predicted octanol–water partition coefficient (Wildman–Crippen LogP) is 4.74. The van der Waals surface area contributed by atoms with Crippen LogP contribution < -0.4 is 20.3 Å². The normalized spacial score (nSPS) is 12.1. The molecule has 0 saturated carbocycles. The van der Waals surface area contributed by atoms with Crippen molar-refractivity contribution in [3.63, 3.8) is 0 Å². The van der Waals surface area contributed by atoms with E-state index < -0.39 is 5.60 Å². The molecule has 0 saturated heterocycles. The molecule has 0 spiro atoms. The topological polar surface area (TPSA) is 99.6 Å². The van der Waals surface area contributed by atoms with Crippen LogP contribution in [0.1, 0.15) is 26.3 Å². The van der Waals surface area contributed by atoms with Crippen molar-refractivity contribution in [3.8, 4) is 5.75 Å². The van der Waals surface area contributed by atoms with Gasteiger partial charge >= 0.3 is 6.03 Å². The van der Waals surface area contributed by atoms with Gasteiger partial charge < -0.3 is 20.5 Å². The Bertz CT molecular complexity index is 1050. The molecule has 0 radical (unpaired) electrons. The number of aliphatic hydroxyl groups is 1. The number of nitrogens with zero attached hydrogens (tertiary/aromatic N) is 3. The number of amides is 2. The van der Waals surface area contributed by atoms with Crippen molar-refractivity contribution in [1.82, 2.24) is 9.97 Å². The summed E-state index contributed by atoms with van der Waals surface area (Å²) in [6.07, 6.45) is 1.57. The van der Waals surface area contributed by atoms with Crippen LogP contribution in [0.15, 0.2) is 60.8 Å². The van der Waals surface area contributed by atoms with Gasteiger partial charge in [0.2, 0.25) is 5.95 Å². The molecule has 3 N–H and O–H groups in total. The van der Waals surface area contributed by atoms with Gasteiger partial charge in [0, 0.05) is 18.0 Å². The standard InChI is InChI=1S/C24H29N5O3/c1-16-6-8-18(9-7-16)27-23(30)29(19-10-12-20(32-5)13-11-19)21-14-15-25-22(28-21)26-17(2)24(3,4)31/h6-15,17,31H,1-5H3,(H,27,30)(H,25,26,28). The molecule has 2 amide bonds. The summed E-state index contributed by atoms with van der Waals surface area (Å²) in [6.45, 7) is 7.22. The number of methoxy groups -OCH3 is 1. The molecule has 32 heavy (non-hydrogen) atoms. The van der Waals surface area contributed by atoms with E-state index >= 15 is 0 Å². The number of aromatic nitrogens is 2. The van der Waals surface area contributed by atoms with E-state index in [1.54, 1.807) is 57.5 Å². The number of ether oxygens (including phenoxy) is 1. The van der Waals surface area contributed by atoms with E-state index in [0.29, 0.717) is 28.9 Å². The zero-order valence-electron chi connectivity index (χ0n) is 19.0. The second-order valence-electron chi connectivity index (χ2n) is 8.09. The van der Waals surface area contributed by atoms with E-state index in [4.69, 9.17) is 4.74 Å². The average Bonchev–Trinajstić information content (AvgIpc) is 2.76. The first-order chi connectivity index (χ1) is 15.2. The zero-order chi connectivity index (χ0) is 23.3. The fraction of sp³-hybridized carbons (Fsp3) is 0.292. The maximum atomic E-state index is 13.3. The second kappa shape index (κ2) is 9.65. The Labute approximate surface area is 188 Å². The molecule has 2 aromatic carbocycles. The first-order valence-electron chi connectivity index (χ1n) is 10.3. The number of hydrogen-bond acceptors (Lipinski definition) is 6. The van der Waals surface area contributed by atoms with Gasteiger partial charge in [0.1, 0.15) is 11.6 Å². The maximum absolute atomic E-state index is 13.3. The molecule has 0 fully saturated rings. The number of rotatable bonds is 7. The molecule has 0 aliphatic rings. The van der Waals surface area contributed by atoms with Crippen LogP contribution >= 0.6 is 0 Å². The van der Waals surface area contributed by atoms with Gasteiger partial charge in [0.15, 0.2) is 0 Å². The number of carbonyl (C=O) groups excluding carboxylic acids is 1. The molecule has 0 aliphatic heterocycles. The van der Waals surface area contributed by atoms with Gasteiger partial charge in [-0.05, 0) is 64.1 Å². The molecule has 1 unspecified atom stereocenters. The highest BCUT2D eigenvalue weighted by Gasteiger charge is 2.24. The monoisotopic (exact) mass is 435 g/mol. The van der Waals surface area contributed by atoms with Gasteiger partial charge in [-0.3, -0.25) is 0 Å². The summed E-state index contributed by atoms with van der Waals surface area (Å²) in [7, 11) is 1.59. The van der Waals surface area contributed by atoms with Crippen LogP contribution in [0.5, 0.6) is 5.75 Å². The van der Waals surface area contributed by atoms with Crippen LogP contribution in [0, 0.1) is 6.92 Å². The zero-order valence-corrected chi connectivity index (χ0v) is 19.0. The van der Waals surface area contributed by atoms with Crippen molar-refractivity contribution in [2.24, 2.45) is 0 Å². The molecule has 8 heteroatoms. The van der Waals surface area contributed by atoms with Crippen molar-refractivity contribution in [2.75, 3.05) is 22.6 Å². The number of carbonyl (C=O) groups is 1. The molecule has 0 bridgehead atoms. The minimum Gasteiger partial charge on any atom is -0.497 e. The molecule has 1 aromatic heterocycles. The van der Waals surface area contributed by atoms with E-state index in [2.05, 4.69) is 20.6 Å². The highest BCUT2D eigenvalue weighted by atomic mass is 16.5. The molecule has 1 heterocycles. The summed E-state index contributed by atoms with van der Waals surface area (Å²) < 4.78 is 5.24. The predicted molar refractivity (Wildman–Crippen MR) is 127 cm³/mol. The number of benzene rings is 2. The molecule has 8 nitrogen and oxygen atoms in total. The van der Waals surface area contributed by atoms with E-state index in [1.807, 2.05) is 38.1 Å². The largest absolute Gasteiger partial charge is 0.497 e. The number of aryl methyl sites for hydroxylation is 1. The fourth-order valence-electron chi connectivity index (χ4n) is 2.81. The lowest BCUT2D eigenvalue weighted by Gasteiger charge is -2.27. The summed E-state index contributed by atoms with van der Waals surface area (Å²) in [5.41, 5.74) is 1.40. The lowest BCUT2D eigenvalue weighted by Crippen LogP contribution is -2.40. The van der Waals surface area contributed by atoms with Gasteiger partial charge in [0.05, 0.1) is 24.4 Å². The Balaban J connectivity index is 1.95. The van der Waals surface area contributed by atoms with Crippen molar-refractivity contribution >= 4 is 29.2 Å². The lowest BCUT2D eigenvalue weighted by atomic mass is 10.0. The van der Waals surface area contributed by atoms with Crippen LogP contribution in [0.3, 0.4) is 0 Å². The quantitative estimate of drug-likeness (QED) is 0.496. The van der Waals surface area contributed by atoms with Gasteiger partial charge in [-0.2, -0.15) is 4.98 Å². The van der Waals surface area contributed by atoms with E-state index in [9.17, 15) is 9.90 Å². The average molecular weight is 436 g/mol. The van der Waals surface area contributed by atoms with Crippen molar-refractivity contribution < 1.29 is 14.6 Å². The Morgan fingerprint density at radius 1 is 1.09 bits per heavy atom. The Morgan fingerprint density at radius 2 is 1.75 bits per heavy atom. The minimum atomic E-state index is -0.974. The molecular formula is C24H29N5O3. The number of nitrogens with one attached hydrogen (secondary N) is 2. The number of hydrogen-bond donors (Lipinski definition) is 3. The first kappa shape index (κ1) is 23.0. The SMILES string of the molecule is COc1ccc(N(C(=O)Nc2ccc(C)cc2)c2ccnc(NC(C)C(C)(C)O)n2)cc1. The maximum Gasteiger partial charge on any atom is 0.332 e.